The van der Waals surface area contributed by atoms with E-state index in [1.165, 1.54) is 0 Å². The summed E-state index contributed by atoms with van der Waals surface area (Å²) in [6, 6.07) is 5.56. The molecule has 0 radical (unpaired) electrons. The molecular formula is C16H19N5O2. The van der Waals surface area contributed by atoms with Crippen LogP contribution in [0.2, 0.25) is 0 Å². The molecule has 0 aromatic carbocycles. The lowest BCUT2D eigenvalue weighted by Gasteiger charge is -2.30. The molecule has 120 valence electrons. The number of pyridine rings is 1. The van der Waals surface area contributed by atoms with Crippen molar-refractivity contribution in [3.63, 3.8) is 0 Å². The molecule has 1 aliphatic rings. The van der Waals surface area contributed by atoms with Gasteiger partial charge in [-0.15, -0.1) is 0 Å². The van der Waals surface area contributed by atoms with E-state index in [0.29, 0.717) is 42.2 Å². The Morgan fingerprint density at radius 1 is 1.43 bits per heavy atom. The fraction of sp³-hybridized carbons (Fsp3) is 0.500. The van der Waals surface area contributed by atoms with Crippen LogP contribution in [0.3, 0.4) is 0 Å². The van der Waals surface area contributed by atoms with Gasteiger partial charge in [0.25, 0.3) is 0 Å². The van der Waals surface area contributed by atoms with Gasteiger partial charge in [-0.3, -0.25) is 4.90 Å². The van der Waals surface area contributed by atoms with Crippen LogP contribution in [0.15, 0.2) is 22.9 Å². The molecule has 0 unspecified atom stereocenters. The van der Waals surface area contributed by atoms with Crippen LogP contribution in [-0.4, -0.2) is 39.7 Å². The highest BCUT2D eigenvalue weighted by Crippen LogP contribution is 2.21. The van der Waals surface area contributed by atoms with Gasteiger partial charge in [0, 0.05) is 6.20 Å². The monoisotopic (exact) mass is 313 g/mol. The number of rotatable bonds is 5. The van der Waals surface area contributed by atoms with Crippen LogP contribution in [0, 0.1) is 24.2 Å². The quantitative estimate of drug-likeness (QED) is 0.833. The van der Waals surface area contributed by atoms with E-state index in [1.807, 2.05) is 6.92 Å². The van der Waals surface area contributed by atoms with Crippen molar-refractivity contribution in [1.82, 2.24) is 20.0 Å². The largest absolute Gasteiger partial charge is 0.476 e. The number of hydrogen-bond acceptors (Lipinski definition) is 7. The molecule has 1 aliphatic heterocycles. The predicted molar refractivity (Wildman–Crippen MR) is 81.5 cm³/mol. The summed E-state index contributed by atoms with van der Waals surface area (Å²) in [6.45, 7) is 5.07. The van der Waals surface area contributed by atoms with Crippen molar-refractivity contribution in [1.29, 1.82) is 5.26 Å². The van der Waals surface area contributed by atoms with E-state index in [9.17, 15) is 0 Å². The number of piperidine rings is 1. The molecule has 0 spiro atoms. The molecule has 0 bridgehead atoms. The van der Waals surface area contributed by atoms with Gasteiger partial charge >= 0.3 is 0 Å². The molecule has 7 heteroatoms. The van der Waals surface area contributed by atoms with Crippen LogP contribution < -0.4 is 4.74 Å². The topological polar surface area (TPSA) is 88.1 Å². The maximum Gasteiger partial charge on any atom is 0.240 e. The zero-order valence-electron chi connectivity index (χ0n) is 13.1. The Kier molecular flexibility index (Phi) is 4.83. The van der Waals surface area contributed by atoms with Gasteiger partial charge in [0.1, 0.15) is 11.6 Å². The Hall–Kier alpha value is -2.46. The normalized spacial score (nSPS) is 16.2. The van der Waals surface area contributed by atoms with Crippen LogP contribution in [0.5, 0.6) is 5.88 Å². The third-order valence-corrected chi connectivity index (χ3v) is 3.98. The maximum atomic E-state index is 9.04. The number of aromatic nitrogens is 3. The van der Waals surface area contributed by atoms with Crippen molar-refractivity contribution in [2.75, 3.05) is 19.7 Å². The Balaban J connectivity index is 1.45. The lowest BCUT2D eigenvalue weighted by Crippen LogP contribution is -2.35. The molecule has 2 aromatic heterocycles. The molecule has 0 amide bonds. The predicted octanol–water partition coefficient (Wildman–Crippen LogP) is 1.94. The molecule has 7 nitrogen and oxygen atoms in total. The molecule has 3 rings (SSSR count). The summed E-state index contributed by atoms with van der Waals surface area (Å²) in [5, 5.41) is 12.8. The summed E-state index contributed by atoms with van der Waals surface area (Å²) in [5.41, 5.74) is 0.483. The summed E-state index contributed by atoms with van der Waals surface area (Å²) < 4.78 is 10.9. The van der Waals surface area contributed by atoms with Gasteiger partial charge < -0.3 is 9.26 Å². The average Bonchev–Trinajstić information content (AvgIpc) is 2.99. The van der Waals surface area contributed by atoms with E-state index in [2.05, 4.69) is 26.1 Å². The number of likely N-dealkylation sites (tertiary alicyclic amines) is 1. The second kappa shape index (κ2) is 7.20. The number of ether oxygens (including phenoxy) is 1. The van der Waals surface area contributed by atoms with Gasteiger partial charge in [0.2, 0.25) is 11.8 Å². The highest BCUT2D eigenvalue weighted by atomic mass is 16.5. The SMILES string of the molecule is Cc1noc(CN2CCC(COc3ncccc3C#N)CC2)n1. The van der Waals surface area contributed by atoms with Crippen molar-refractivity contribution in [3.05, 3.63) is 35.6 Å². The van der Waals surface area contributed by atoms with Crippen LogP contribution in [-0.2, 0) is 6.54 Å². The number of nitriles is 1. The van der Waals surface area contributed by atoms with E-state index < -0.39 is 0 Å². The van der Waals surface area contributed by atoms with Gasteiger partial charge in [-0.05, 0) is 50.9 Å². The minimum atomic E-state index is 0.429. The Bertz CT molecular complexity index is 686. The zero-order chi connectivity index (χ0) is 16.1. The number of aryl methyl sites for hydroxylation is 1. The van der Waals surface area contributed by atoms with Gasteiger partial charge in [-0.1, -0.05) is 5.16 Å². The van der Waals surface area contributed by atoms with E-state index >= 15 is 0 Å². The molecule has 3 heterocycles. The van der Waals surface area contributed by atoms with Gasteiger partial charge in [-0.25, -0.2) is 4.98 Å². The van der Waals surface area contributed by atoms with Crippen LogP contribution >= 0.6 is 0 Å². The van der Waals surface area contributed by atoms with Gasteiger partial charge in [0.15, 0.2) is 5.82 Å². The summed E-state index contributed by atoms with van der Waals surface area (Å²) in [7, 11) is 0. The van der Waals surface area contributed by atoms with Crippen LogP contribution in [0.25, 0.3) is 0 Å². The van der Waals surface area contributed by atoms with Crippen molar-refractivity contribution >= 4 is 0 Å². The van der Waals surface area contributed by atoms with Crippen molar-refractivity contribution in [2.24, 2.45) is 5.92 Å². The third-order valence-electron chi connectivity index (χ3n) is 3.98. The second-order valence-corrected chi connectivity index (χ2v) is 5.73. The fourth-order valence-corrected chi connectivity index (χ4v) is 2.69. The second-order valence-electron chi connectivity index (χ2n) is 5.73. The van der Waals surface area contributed by atoms with E-state index in [0.717, 1.165) is 25.9 Å². The smallest absolute Gasteiger partial charge is 0.240 e. The molecule has 0 atom stereocenters. The van der Waals surface area contributed by atoms with Crippen molar-refractivity contribution < 1.29 is 9.26 Å². The first-order valence-electron chi connectivity index (χ1n) is 7.74. The fourth-order valence-electron chi connectivity index (χ4n) is 2.69. The Morgan fingerprint density at radius 2 is 2.26 bits per heavy atom. The maximum absolute atomic E-state index is 9.04. The molecule has 0 saturated carbocycles. The highest BCUT2D eigenvalue weighted by Gasteiger charge is 2.21. The zero-order valence-corrected chi connectivity index (χ0v) is 13.1. The Morgan fingerprint density at radius 3 is 2.96 bits per heavy atom. The summed E-state index contributed by atoms with van der Waals surface area (Å²) in [4.78, 5) is 10.7. The molecule has 1 saturated heterocycles. The van der Waals surface area contributed by atoms with Gasteiger partial charge in [0.05, 0.1) is 13.2 Å². The van der Waals surface area contributed by atoms with Crippen LogP contribution in [0.1, 0.15) is 30.1 Å². The summed E-state index contributed by atoms with van der Waals surface area (Å²) in [6.07, 6.45) is 3.73. The highest BCUT2D eigenvalue weighted by molar-refractivity contribution is 5.36. The number of hydrogen-bond donors (Lipinski definition) is 0. The summed E-state index contributed by atoms with van der Waals surface area (Å²) in [5.74, 6) is 2.25. The molecule has 23 heavy (non-hydrogen) atoms. The van der Waals surface area contributed by atoms with E-state index in [-0.39, 0.29) is 0 Å². The first-order chi connectivity index (χ1) is 11.2. The van der Waals surface area contributed by atoms with Crippen LogP contribution in [0.4, 0.5) is 0 Å². The first-order valence-corrected chi connectivity index (χ1v) is 7.74. The molecule has 0 aliphatic carbocycles. The molecule has 0 N–H and O–H groups in total. The third kappa shape index (κ3) is 4.05. The van der Waals surface area contributed by atoms with E-state index in [1.54, 1.807) is 18.3 Å². The van der Waals surface area contributed by atoms with Gasteiger partial charge in [-0.2, -0.15) is 10.2 Å². The lowest BCUT2D eigenvalue weighted by molar-refractivity contribution is 0.125. The summed E-state index contributed by atoms with van der Waals surface area (Å²) >= 11 is 0. The molecular weight excluding hydrogens is 294 g/mol. The number of nitrogens with zero attached hydrogens (tertiary/aromatic N) is 5. The minimum Gasteiger partial charge on any atom is -0.476 e. The first kappa shape index (κ1) is 15.4. The Labute approximate surface area is 134 Å². The van der Waals surface area contributed by atoms with Crippen molar-refractivity contribution in [2.45, 2.75) is 26.3 Å². The van der Waals surface area contributed by atoms with Crippen molar-refractivity contribution in [3.8, 4) is 11.9 Å². The minimum absolute atomic E-state index is 0.429. The average molecular weight is 313 g/mol. The molecule has 2 aromatic rings. The van der Waals surface area contributed by atoms with E-state index in [4.69, 9.17) is 14.5 Å². The molecule has 1 fully saturated rings. The lowest BCUT2D eigenvalue weighted by atomic mass is 9.98. The standard InChI is InChI=1S/C16H19N5O2/c1-12-19-15(23-20-12)10-21-7-4-13(5-8-21)11-22-16-14(9-17)3-2-6-18-16/h2-3,6,13H,4-5,7-8,10-11H2,1H3.